The molecular weight excluding hydrogens is 366 g/mol. The summed E-state index contributed by atoms with van der Waals surface area (Å²) in [6.07, 6.45) is 4.93. The molecule has 1 heterocycles. The highest BCUT2D eigenvalue weighted by molar-refractivity contribution is 6.33. The van der Waals surface area contributed by atoms with Gasteiger partial charge >= 0.3 is 11.9 Å². The average molecular weight is 384 g/mol. The van der Waals surface area contributed by atoms with Gasteiger partial charge in [-0.15, -0.1) is 0 Å². The number of carboxylic acids is 1. The Labute approximate surface area is 161 Å². The van der Waals surface area contributed by atoms with E-state index in [9.17, 15) is 14.7 Å². The number of halogens is 1. The molecule has 138 valence electrons. The molecule has 2 aliphatic rings. The molecule has 4 rings (SSSR count). The zero-order valence-corrected chi connectivity index (χ0v) is 15.4. The SMILES string of the molecule is COC(=O)c1ccc(Cl)c2c1[C@@H]1C=CC[C@@H]1[C@@H](c1ccccc1C(=O)O)N2. The number of carbonyl (C=O) groups is 2. The van der Waals surface area contributed by atoms with Gasteiger partial charge in [0.25, 0.3) is 0 Å². The summed E-state index contributed by atoms with van der Waals surface area (Å²) in [4.78, 5) is 24.0. The van der Waals surface area contributed by atoms with Crippen molar-refractivity contribution in [2.45, 2.75) is 18.4 Å². The van der Waals surface area contributed by atoms with E-state index in [1.807, 2.05) is 12.1 Å². The number of aromatic carboxylic acids is 1. The molecule has 2 N–H and O–H groups in total. The maximum absolute atomic E-state index is 12.3. The van der Waals surface area contributed by atoms with Crippen LogP contribution in [0.15, 0.2) is 48.6 Å². The molecule has 2 aromatic rings. The molecule has 0 amide bonds. The van der Waals surface area contributed by atoms with Gasteiger partial charge in [0.15, 0.2) is 0 Å². The highest BCUT2D eigenvalue weighted by Gasteiger charge is 2.42. The Morgan fingerprint density at radius 2 is 1.96 bits per heavy atom. The predicted octanol–water partition coefficient (Wildman–Crippen LogP) is 4.65. The highest BCUT2D eigenvalue weighted by atomic mass is 35.5. The van der Waals surface area contributed by atoms with Crippen LogP contribution in [0.4, 0.5) is 5.69 Å². The maximum Gasteiger partial charge on any atom is 0.338 e. The molecule has 27 heavy (non-hydrogen) atoms. The molecule has 2 aromatic carbocycles. The molecule has 5 nitrogen and oxygen atoms in total. The minimum absolute atomic E-state index is 0.0408. The second-order valence-electron chi connectivity index (χ2n) is 6.74. The van der Waals surface area contributed by atoms with E-state index < -0.39 is 11.9 Å². The van der Waals surface area contributed by atoms with E-state index in [4.69, 9.17) is 16.3 Å². The fourth-order valence-electron chi connectivity index (χ4n) is 4.23. The van der Waals surface area contributed by atoms with Crippen LogP contribution in [0, 0.1) is 5.92 Å². The molecule has 0 aromatic heterocycles. The number of esters is 1. The van der Waals surface area contributed by atoms with Crippen molar-refractivity contribution in [3.63, 3.8) is 0 Å². The number of anilines is 1. The van der Waals surface area contributed by atoms with E-state index in [-0.39, 0.29) is 23.4 Å². The lowest BCUT2D eigenvalue weighted by Crippen LogP contribution is -2.31. The summed E-state index contributed by atoms with van der Waals surface area (Å²) in [5.41, 5.74) is 2.95. The Morgan fingerprint density at radius 1 is 1.19 bits per heavy atom. The lowest BCUT2D eigenvalue weighted by molar-refractivity contribution is 0.0598. The van der Waals surface area contributed by atoms with Crippen molar-refractivity contribution >= 4 is 29.2 Å². The van der Waals surface area contributed by atoms with Gasteiger partial charge in [-0.25, -0.2) is 9.59 Å². The summed E-state index contributed by atoms with van der Waals surface area (Å²) in [5, 5.41) is 13.5. The summed E-state index contributed by atoms with van der Waals surface area (Å²) in [7, 11) is 1.35. The fourth-order valence-corrected chi connectivity index (χ4v) is 4.45. The number of rotatable bonds is 3. The summed E-state index contributed by atoms with van der Waals surface area (Å²) in [6, 6.07) is 10.1. The first-order valence-corrected chi connectivity index (χ1v) is 9.07. The van der Waals surface area contributed by atoms with Gasteiger partial charge in [0.05, 0.1) is 35.0 Å². The van der Waals surface area contributed by atoms with E-state index in [1.165, 1.54) is 7.11 Å². The number of carbonyl (C=O) groups excluding carboxylic acids is 1. The minimum atomic E-state index is -0.963. The Hall–Kier alpha value is -2.79. The van der Waals surface area contributed by atoms with Gasteiger partial charge in [0.2, 0.25) is 0 Å². The van der Waals surface area contributed by atoms with Crippen LogP contribution in [-0.2, 0) is 4.74 Å². The number of hydrogen-bond acceptors (Lipinski definition) is 4. The van der Waals surface area contributed by atoms with Crippen molar-refractivity contribution < 1.29 is 19.4 Å². The van der Waals surface area contributed by atoms with Crippen LogP contribution in [0.1, 0.15) is 50.2 Å². The first kappa shape index (κ1) is 17.6. The zero-order chi connectivity index (χ0) is 19.1. The Kier molecular flexibility index (Phi) is 4.40. The summed E-state index contributed by atoms with van der Waals surface area (Å²) < 4.78 is 4.94. The normalized spacial score (nSPS) is 22.5. The average Bonchev–Trinajstić information content (AvgIpc) is 3.17. The van der Waals surface area contributed by atoms with Crippen LogP contribution in [0.2, 0.25) is 5.02 Å². The molecule has 0 radical (unpaired) electrons. The number of carboxylic acid groups (broad SMARTS) is 1. The minimum Gasteiger partial charge on any atom is -0.478 e. The topological polar surface area (TPSA) is 75.6 Å². The first-order valence-electron chi connectivity index (χ1n) is 8.69. The summed E-state index contributed by atoms with van der Waals surface area (Å²) in [5.74, 6) is -1.33. The molecule has 0 unspecified atom stereocenters. The van der Waals surface area contributed by atoms with Crippen molar-refractivity contribution in [2.75, 3.05) is 12.4 Å². The standard InChI is InChI=1S/C21H18ClNO4/c1-27-21(26)15-9-10-16(22)19-17(15)11-7-4-8-12(11)18(23-19)13-5-2-3-6-14(13)20(24)25/h2-7,9-12,18,23H,8H2,1H3,(H,24,25)/t11-,12+,18+/m1/s1. The lowest BCUT2D eigenvalue weighted by Gasteiger charge is -2.39. The van der Waals surface area contributed by atoms with Crippen LogP contribution in [0.3, 0.4) is 0 Å². The number of hydrogen-bond donors (Lipinski definition) is 2. The van der Waals surface area contributed by atoms with Crippen LogP contribution in [0.25, 0.3) is 0 Å². The third-order valence-corrected chi connectivity index (χ3v) is 5.72. The number of ether oxygens (including phenoxy) is 1. The van der Waals surface area contributed by atoms with Gasteiger partial charge in [-0.2, -0.15) is 0 Å². The van der Waals surface area contributed by atoms with Gasteiger partial charge in [0.1, 0.15) is 0 Å². The first-order chi connectivity index (χ1) is 13.0. The van der Waals surface area contributed by atoms with E-state index in [0.29, 0.717) is 21.8 Å². The number of fused-ring (bicyclic) bond motifs is 3. The molecule has 1 aliphatic heterocycles. The van der Waals surface area contributed by atoms with Crippen LogP contribution >= 0.6 is 11.6 Å². The third kappa shape index (κ3) is 2.79. The van der Waals surface area contributed by atoms with Crippen molar-refractivity contribution in [1.29, 1.82) is 0 Å². The molecular formula is C21H18ClNO4. The van der Waals surface area contributed by atoms with E-state index in [2.05, 4.69) is 17.5 Å². The quantitative estimate of drug-likeness (QED) is 0.596. The van der Waals surface area contributed by atoms with Crippen molar-refractivity contribution in [3.05, 3.63) is 75.8 Å². The van der Waals surface area contributed by atoms with E-state index >= 15 is 0 Å². The highest BCUT2D eigenvalue weighted by Crippen LogP contribution is 2.53. The Balaban J connectivity index is 1.89. The van der Waals surface area contributed by atoms with Crippen LogP contribution < -0.4 is 5.32 Å². The zero-order valence-electron chi connectivity index (χ0n) is 14.6. The predicted molar refractivity (Wildman–Crippen MR) is 103 cm³/mol. The second kappa shape index (κ2) is 6.74. The second-order valence-corrected chi connectivity index (χ2v) is 7.15. The van der Waals surface area contributed by atoms with Gasteiger partial charge < -0.3 is 15.2 Å². The molecule has 0 saturated carbocycles. The molecule has 3 atom stereocenters. The summed E-state index contributed by atoms with van der Waals surface area (Å²) in [6.45, 7) is 0. The van der Waals surface area contributed by atoms with Gasteiger partial charge in [-0.05, 0) is 41.7 Å². The van der Waals surface area contributed by atoms with Crippen LogP contribution in [0.5, 0.6) is 0 Å². The van der Waals surface area contributed by atoms with Crippen molar-refractivity contribution in [3.8, 4) is 0 Å². The smallest absolute Gasteiger partial charge is 0.338 e. The van der Waals surface area contributed by atoms with Crippen molar-refractivity contribution in [2.24, 2.45) is 5.92 Å². The van der Waals surface area contributed by atoms with Crippen LogP contribution in [-0.4, -0.2) is 24.2 Å². The van der Waals surface area contributed by atoms with Crippen molar-refractivity contribution in [1.82, 2.24) is 0 Å². The largest absolute Gasteiger partial charge is 0.478 e. The number of nitrogens with one attached hydrogen (secondary N) is 1. The number of methoxy groups -OCH3 is 1. The van der Waals surface area contributed by atoms with E-state index in [0.717, 1.165) is 12.0 Å². The fraction of sp³-hybridized carbons (Fsp3) is 0.238. The molecule has 0 spiro atoms. The van der Waals surface area contributed by atoms with Gasteiger partial charge in [0, 0.05) is 5.92 Å². The third-order valence-electron chi connectivity index (χ3n) is 5.40. The molecule has 6 heteroatoms. The van der Waals surface area contributed by atoms with Gasteiger partial charge in [-0.3, -0.25) is 0 Å². The number of benzene rings is 2. The Morgan fingerprint density at radius 3 is 2.70 bits per heavy atom. The monoisotopic (exact) mass is 383 g/mol. The van der Waals surface area contributed by atoms with Gasteiger partial charge in [-0.1, -0.05) is 42.0 Å². The van der Waals surface area contributed by atoms with E-state index in [1.54, 1.807) is 24.3 Å². The number of allylic oxidation sites excluding steroid dienone is 2. The molecule has 0 bridgehead atoms. The molecule has 0 fully saturated rings. The Bertz CT molecular complexity index is 969. The summed E-state index contributed by atoms with van der Waals surface area (Å²) >= 11 is 6.45. The molecule has 1 aliphatic carbocycles. The lowest BCUT2D eigenvalue weighted by atomic mass is 9.74. The maximum atomic E-state index is 12.3. The molecule has 0 saturated heterocycles.